The number of carbonyl (C=O) groups is 2. The Morgan fingerprint density at radius 3 is 2.58 bits per heavy atom. The SMILES string of the molecule is CC(C)C[C@H](O)[C@H](O)[C@H](CC1CCCCC1)NC(=O)[C@](CC(N)=O)(Cc1ccc2c(c1)OCO2)Cc1cscn1. The van der Waals surface area contributed by atoms with Crippen LogP contribution >= 0.6 is 11.3 Å². The molecule has 0 saturated heterocycles. The van der Waals surface area contributed by atoms with E-state index in [2.05, 4.69) is 10.3 Å². The summed E-state index contributed by atoms with van der Waals surface area (Å²) in [6.07, 6.45) is 4.56. The zero-order chi connectivity index (χ0) is 28.7. The normalized spacial score (nSPS) is 19.1. The van der Waals surface area contributed by atoms with Crippen molar-refractivity contribution in [3.63, 3.8) is 0 Å². The van der Waals surface area contributed by atoms with Gasteiger partial charge in [-0.25, -0.2) is 4.98 Å². The molecule has 40 heavy (non-hydrogen) atoms. The Morgan fingerprint density at radius 2 is 1.90 bits per heavy atom. The molecular weight excluding hydrogens is 530 g/mol. The number of nitrogens with zero attached hydrogens (tertiary/aromatic N) is 1. The molecule has 2 amide bonds. The molecule has 4 atom stereocenters. The van der Waals surface area contributed by atoms with Crippen LogP contribution in [0.15, 0.2) is 29.1 Å². The van der Waals surface area contributed by atoms with E-state index in [-0.39, 0.29) is 37.9 Å². The second-order valence-electron chi connectivity index (χ2n) is 12.0. The van der Waals surface area contributed by atoms with E-state index in [0.29, 0.717) is 36.0 Å². The maximum absolute atomic E-state index is 14.4. The molecule has 2 aliphatic rings. The Kier molecular flexibility index (Phi) is 10.4. The van der Waals surface area contributed by atoms with Gasteiger partial charge >= 0.3 is 0 Å². The molecule has 2 aromatic rings. The fourth-order valence-corrected chi connectivity index (χ4v) is 6.71. The summed E-state index contributed by atoms with van der Waals surface area (Å²) in [6.45, 7) is 4.10. The molecule has 2 heterocycles. The molecule has 0 spiro atoms. The van der Waals surface area contributed by atoms with Crippen molar-refractivity contribution in [2.75, 3.05) is 6.79 Å². The molecule has 1 aromatic heterocycles. The van der Waals surface area contributed by atoms with E-state index >= 15 is 0 Å². The lowest BCUT2D eigenvalue weighted by Crippen LogP contribution is -2.55. The number of carbonyl (C=O) groups excluding carboxylic acids is 2. The molecule has 1 aliphatic carbocycles. The zero-order valence-electron chi connectivity index (χ0n) is 23.5. The fourth-order valence-electron chi connectivity index (χ4n) is 6.15. The third-order valence-electron chi connectivity index (χ3n) is 8.12. The molecule has 0 bridgehead atoms. The number of nitrogens with two attached hydrogens (primary N) is 1. The minimum atomic E-state index is -1.26. The number of hydrogen-bond acceptors (Lipinski definition) is 8. The molecule has 10 heteroatoms. The van der Waals surface area contributed by atoms with E-state index in [4.69, 9.17) is 15.2 Å². The highest BCUT2D eigenvalue weighted by molar-refractivity contribution is 7.07. The summed E-state index contributed by atoms with van der Waals surface area (Å²) < 4.78 is 11.0. The van der Waals surface area contributed by atoms with Crippen LogP contribution in [-0.2, 0) is 22.4 Å². The summed E-state index contributed by atoms with van der Waals surface area (Å²) in [5, 5.41) is 27.2. The van der Waals surface area contributed by atoms with Gasteiger partial charge in [-0.1, -0.05) is 52.0 Å². The Balaban J connectivity index is 1.66. The summed E-state index contributed by atoms with van der Waals surface area (Å²) >= 11 is 1.42. The van der Waals surface area contributed by atoms with Gasteiger partial charge in [0.15, 0.2) is 11.5 Å². The molecule has 9 nitrogen and oxygen atoms in total. The molecule has 1 fully saturated rings. The lowest BCUT2D eigenvalue weighted by atomic mass is 9.73. The van der Waals surface area contributed by atoms with Crippen molar-refractivity contribution in [1.29, 1.82) is 0 Å². The van der Waals surface area contributed by atoms with Gasteiger partial charge in [0, 0.05) is 18.2 Å². The average Bonchev–Trinajstić information content (AvgIpc) is 3.59. The first-order chi connectivity index (χ1) is 19.1. The predicted molar refractivity (Wildman–Crippen MR) is 153 cm³/mol. The van der Waals surface area contributed by atoms with Crippen molar-refractivity contribution in [2.45, 2.75) is 96.3 Å². The standard InChI is InChI=1S/C30H43N3O6S/c1-19(2)10-24(34)28(36)23(11-20-6-4-3-5-7-20)33-29(37)30(15-27(31)35,14-22-16-40-17-32-22)13-21-8-9-25-26(12-21)39-18-38-25/h8-9,12,16-17,19-20,23-24,28,34,36H,3-7,10-11,13-15,18H2,1-2H3,(H2,31,35)(H,33,37)/t23-,24-,28+,30+/m0/s1. The minimum absolute atomic E-state index is 0.129. The monoisotopic (exact) mass is 573 g/mol. The second kappa shape index (κ2) is 13.8. The van der Waals surface area contributed by atoms with Gasteiger partial charge < -0.3 is 30.7 Å². The summed E-state index contributed by atoms with van der Waals surface area (Å²) in [4.78, 5) is 31.3. The summed E-state index contributed by atoms with van der Waals surface area (Å²) in [7, 11) is 0. The number of rotatable bonds is 14. The van der Waals surface area contributed by atoms with Crippen molar-refractivity contribution < 1.29 is 29.3 Å². The van der Waals surface area contributed by atoms with Crippen LogP contribution in [0.3, 0.4) is 0 Å². The van der Waals surface area contributed by atoms with Gasteiger partial charge in [0.2, 0.25) is 18.6 Å². The van der Waals surface area contributed by atoms with Gasteiger partial charge in [0.05, 0.1) is 28.8 Å². The lowest BCUT2D eigenvalue weighted by molar-refractivity contribution is -0.138. The van der Waals surface area contributed by atoms with E-state index in [1.165, 1.54) is 17.8 Å². The van der Waals surface area contributed by atoms with Crippen LogP contribution in [0.2, 0.25) is 0 Å². The maximum Gasteiger partial charge on any atom is 0.231 e. The quantitative estimate of drug-likeness (QED) is 0.269. The van der Waals surface area contributed by atoms with E-state index < -0.39 is 29.6 Å². The molecule has 0 unspecified atom stereocenters. The van der Waals surface area contributed by atoms with Crippen LogP contribution in [0.5, 0.6) is 11.5 Å². The second-order valence-corrected chi connectivity index (χ2v) is 12.7. The van der Waals surface area contributed by atoms with Crippen LogP contribution < -0.4 is 20.5 Å². The molecule has 1 saturated carbocycles. The number of nitrogens with one attached hydrogen (secondary N) is 1. The highest BCUT2D eigenvalue weighted by Gasteiger charge is 2.43. The summed E-state index contributed by atoms with van der Waals surface area (Å²) in [6, 6.07) is 4.82. The topological polar surface area (TPSA) is 144 Å². The number of thiazole rings is 1. The molecular formula is C30H43N3O6S. The number of ether oxygens (including phenoxy) is 2. The third kappa shape index (κ3) is 7.95. The van der Waals surface area contributed by atoms with Crippen LogP contribution in [0.1, 0.15) is 76.5 Å². The number of fused-ring (bicyclic) bond motifs is 1. The van der Waals surface area contributed by atoms with Crippen LogP contribution in [-0.4, -0.2) is 52.1 Å². The fraction of sp³-hybridized carbons (Fsp3) is 0.633. The van der Waals surface area contributed by atoms with Crippen molar-refractivity contribution in [3.8, 4) is 11.5 Å². The molecule has 1 aliphatic heterocycles. The number of aliphatic hydroxyl groups is 2. The molecule has 220 valence electrons. The van der Waals surface area contributed by atoms with Gasteiger partial charge in [-0.15, -0.1) is 11.3 Å². The maximum atomic E-state index is 14.4. The Bertz CT molecular complexity index is 1120. The van der Waals surface area contributed by atoms with E-state index in [1.54, 1.807) is 11.6 Å². The Hall–Kier alpha value is -2.69. The first-order valence-corrected chi connectivity index (χ1v) is 15.3. The summed E-state index contributed by atoms with van der Waals surface area (Å²) in [5.41, 5.74) is 7.67. The smallest absolute Gasteiger partial charge is 0.231 e. The van der Waals surface area contributed by atoms with Gasteiger partial charge in [0.1, 0.15) is 6.10 Å². The highest BCUT2D eigenvalue weighted by atomic mass is 32.1. The number of benzene rings is 1. The zero-order valence-corrected chi connectivity index (χ0v) is 24.3. The van der Waals surface area contributed by atoms with E-state index in [9.17, 15) is 19.8 Å². The lowest BCUT2D eigenvalue weighted by Gasteiger charge is -2.37. The predicted octanol–water partition coefficient (Wildman–Crippen LogP) is 3.74. The van der Waals surface area contributed by atoms with Gasteiger partial charge in [0.25, 0.3) is 0 Å². The van der Waals surface area contributed by atoms with Crippen molar-refractivity contribution in [2.24, 2.45) is 23.0 Å². The van der Waals surface area contributed by atoms with Gasteiger partial charge in [-0.2, -0.15) is 0 Å². The first-order valence-electron chi connectivity index (χ1n) is 14.4. The number of amides is 2. The molecule has 1 aromatic carbocycles. The van der Waals surface area contributed by atoms with Gasteiger partial charge in [-0.05, 0) is 48.8 Å². The third-order valence-corrected chi connectivity index (χ3v) is 8.76. The number of hydrogen-bond donors (Lipinski definition) is 4. The van der Waals surface area contributed by atoms with E-state index in [1.807, 2.05) is 31.4 Å². The number of primary amides is 1. The van der Waals surface area contributed by atoms with Crippen molar-refractivity contribution >= 4 is 23.2 Å². The van der Waals surface area contributed by atoms with Crippen molar-refractivity contribution in [1.82, 2.24) is 10.3 Å². The average molecular weight is 574 g/mol. The summed E-state index contributed by atoms with van der Waals surface area (Å²) in [5.74, 6) is 0.757. The molecule has 4 rings (SSSR count). The van der Waals surface area contributed by atoms with Gasteiger partial charge in [-0.3, -0.25) is 9.59 Å². The number of aromatic nitrogens is 1. The van der Waals surface area contributed by atoms with Crippen LogP contribution in [0.25, 0.3) is 0 Å². The minimum Gasteiger partial charge on any atom is -0.454 e. The Labute approximate surface area is 240 Å². The number of aliphatic hydroxyl groups excluding tert-OH is 2. The molecule has 0 radical (unpaired) electrons. The van der Waals surface area contributed by atoms with E-state index in [0.717, 1.165) is 31.2 Å². The van der Waals surface area contributed by atoms with Crippen LogP contribution in [0.4, 0.5) is 0 Å². The first kappa shape index (κ1) is 30.3. The largest absolute Gasteiger partial charge is 0.454 e. The van der Waals surface area contributed by atoms with Crippen molar-refractivity contribution in [3.05, 3.63) is 40.3 Å². The highest BCUT2D eigenvalue weighted by Crippen LogP contribution is 2.38. The Morgan fingerprint density at radius 1 is 1.15 bits per heavy atom. The molecule has 5 N–H and O–H groups in total. The van der Waals surface area contributed by atoms with Crippen LogP contribution in [0, 0.1) is 17.3 Å².